The molecule has 1 unspecified atom stereocenters. The van der Waals surface area contributed by atoms with E-state index in [0.29, 0.717) is 24.5 Å². The zero-order valence-electron chi connectivity index (χ0n) is 16.2. The summed E-state index contributed by atoms with van der Waals surface area (Å²) < 4.78 is 1.07. The summed E-state index contributed by atoms with van der Waals surface area (Å²) >= 11 is 18.3. The van der Waals surface area contributed by atoms with Crippen molar-refractivity contribution >= 4 is 46.5 Å². The number of carbonyl (C=O) groups excluding carboxylic acids is 2. The van der Waals surface area contributed by atoms with Gasteiger partial charge in [-0.25, -0.2) is 0 Å². The normalized spacial score (nSPS) is 14.1. The second-order valence-corrected chi connectivity index (χ2v) is 8.54. The number of nitrogens with zero attached hydrogens (tertiary/aromatic N) is 2. The van der Waals surface area contributed by atoms with Gasteiger partial charge < -0.3 is 4.90 Å². The number of hydrogen-bond donors (Lipinski definition) is 0. The van der Waals surface area contributed by atoms with E-state index in [1.807, 2.05) is 24.3 Å². The summed E-state index contributed by atoms with van der Waals surface area (Å²) in [6.07, 6.45) is 1.96. The van der Waals surface area contributed by atoms with Crippen LogP contribution in [0.25, 0.3) is 0 Å². The highest BCUT2D eigenvalue weighted by Crippen LogP contribution is 2.28. The fourth-order valence-electron chi connectivity index (χ4n) is 3.73. The fourth-order valence-corrected chi connectivity index (χ4v) is 4.40. The van der Waals surface area contributed by atoms with Crippen molar-refractivity contribution in [3.63, 3.8) is 0 Å². The van der Waals surface area contributed by atoms with E-state index < -0.39 is 23.3 Å². The summed E-state index contributed by atoms with van der Waals surface area (Å²) in [7, 11) is 0. The molecule has 1 aliphatic rings. The van der Waals surface area contributed by atoms with Crippen molar-refractivity contribution in [2.45, 2.75) is 19.0 Å². The number of rotatable bonds is 4. The molecule has 4 rings (SSSR count). The van der Waals surface area contributed by atoms with Crippen LogP contribution in [-0.4, -0.2) is 27.7 Å². The number of halogens is 3. The first-order valence-corrected chi connectivity index (χ1v) is 10.7. The van der Waals surface area contributed by atoms with Crippen LogP contribution in [0.5, 0.6) is 0 Å². The minimum Gasteiger partial charge on any atom is -0.336 e. The summed E-state index contributed by atoms with van der Waals surface area (Å²) in [5.74, 6) is -1.09. The highest BCUT2D eigenvalue weighted by atomic mass is 35.5. The summed E-state index contributed by atoms with van der Waals surface area (Å²) in [6.45, 7) is 0.783. The first-order valence-electron chi connectivity index (χ1n) is 9.57. The van der Waals surface area contributed by atoms with Crippen LogP contribution in [0, 0.1) is 0 Å². The Hall–Kier alpha value is -2.60. The predicted molar refractivity (Wildman–Crippen MR) is 121 cm³/mol. The van der Waals surface area contributed by atoms with Gasteiger partial charge in [-0.05, 0) is 41.8 Å². The first kappa shape index (κ1) is 21.6. The smallest absolute Gasteiger partial charge is 0.254 e. The van der Waals surface area contributed by atoms with Gasteiger partial charge >= 0.3 is 0 Å². The van der Waals surface area contributed by atoms with Gasteiger partial charge in [-0.2, -0.15) is 0 Å². The molecule has 0 spiro atoms. The van der Waals surface area contributed by atoms with Crippen molar-refractivity contribution in [2.75, 3.05) is 6.54 Å². The molecule has 1 amide bonds. The lowest BCUT2D eigenvalue weighted by molar-refractivity contribution is -0.134. The van der Waals surface area contributed by atoms with Gasteiger partial charge in [-0.1, -0.05) is 59.1 Å². The number of amides is 1. The molecule has 5 nitrogen and oxygen atoms in total. The third-order valence-corrected chi connectivity index (χ3v) is 6.07. The average molecular weight is 476 g/mol. The first-order chi connectivity index (χ1) is 14.8. The van der Waals surface area contributed by atoms with E-state index in [4.69, 9.17) is 34.8 Å². The number of carbonyl (C=O) groups is 2. The fraction of sp³-hybridized carbons (Fsp3) is 0.174. The molecule has 1 atom stereocenters. The number of aromatic nitrogens is 1. The van der Waals surface area contributed by atoms with Gasteiger partial charge in [-0.3, -0.25) is 19.0 Å². The van der Waals surface area contributed by atoms with Crippen LogP contribution in [0.1, 0.15) is 27.5 Å². The van der Waals surface area contributed by atoms with E-state index in [1.165, 1.54) is 36.5 Å². The van der Waals surface area contributed by atoms with Gasteiger partial charge in [0.25, 0.3) is 11.5 Å². The zero-order chi connectivity index (χ0) is 22.1. The Morgan fingerprint density at radius 3 is 2.35 bits per heavy atom. The van der Waals surface area contributed by atoms with Crippen LogP contribution >= 0.6 is 34.8 Å². The Kier molecular flexibility index (Phi) is 6.19. The lowest BCUT2D eigenvalue weighted by Crippen LogP contribution is -2.45. The van der Waals surface area contributed by atoms with Gasteiger partial charge in [0.1, 0.15) is 0 Å². The molecule has 8 heteroatoms. The Morgan fingerprint density at radius 1 is 0.903 bits per heavy atom. The van der Waals surface area contributed by atoms with Crippen LogP contribution in [0.3, 0.4) is 0 Å². The molecule has 0 radical (unpaired) electrons. The third-order valence-electron chi connectivity index (χ3n) is 5.30. The second kappa shape index (κ2) is 8.87. The molecule has 0 fully saturated rings. The molecule has 3 aromatic rings. The summed E-state index contributed by atoms with van der Waals surface area (Å²) in [4.78, 5) is 41.3. The van der Waals surface area contributed by atoms with Crippen LogP contribution in [-0.2, 0) is 17.8 Å². The van der Waals surface area contributed by atoms with Crippen LogP contribution in [0.15, 0.2) is 65.6 Å². The number of pyridine rings is 1. The average Bonchev–Trinajstić information content (AvgIpc) is 2.75. The predicted octanol–water partition coefficient (Wildman–Crippen LogP) is 4.82. The number of hydrogen-bond acceptors (Lipinski definition) is 3. The molecule has 0 bridgehead atoms. The van der Waals surface area contributed by atoms with Crippen molar-refractivity contribution in [1.29, 1.82) is 0 Å². The third kappa shape index (κ3) is 4.40. The minimum atomic E-state index is -1.44. The summed E-state index contributed by atoms with van der Waals surface area (Å²) in [5, 5.41) is 0.697. The molecule has 2 heterocycles. The Balaban J connectivity index is 1.77. The van der Waals surface area contributed by atoms with Crippen molar-refractivity contribution in [3.8, 4) is 0 Å². The number of Topliss-reactive ketones (excluding diaryl/α,β-unsaturated/α-hetero) is 1. The maximum Gasteiger partial charge on any atom is 0.254 e. The van der Waals surface area contributed by atoms with Crippen LogP contribution < -0.4 is 5.56 Å². The van der Waals surface area contributed by atoms with Crippen molar-refractivity contribution in [1.82, 2.24) is 9.47 Å². The molecular weight excluding hydrogens is 459 g/mol. The molecule has 0 saturated heterocycles. The van der Waals surface area contributed by atoms with E-state index in [2.05, 4.69) is 0 Å². The maximum absolute atomic E-state index is 13.6. The van der Waals surface area contributed by atoms with Gasteiger partial charge in [-0.15, -0.1) is 0 Å². The maximum atomic E-state index is 13.6. The number of benzene rings is 2. The topological polar surface area (TPSA) is 59.4 Å². The molecule has 158 valence electrons. The highest BCUT2D eigenvalue weighted by Gasteiger charge is 2.36. The number of ketones is 1. The number of fused-ring (bicyclic) bond motifs is 1. The van der Waals surface area contributed by atoms with Gasteiger partial charge in [0.05, 0.1) is 10.0 Å². The lowest BCUT2D eigenvalue weighted by atomic mass is 9.97. The summed E-state index contributed by atoms with van der Waals surface area (Å²) in [5.41, 5.74) is 1.76. The quantitative estimate of drug-likeness (QED) is 0.402. The van der Waals surface area contributed by atoms with Gasteiger partial charge in [0.15, 0.2) is 11.8 Å². The molecule has 31 heavy (non-hydrogen) atoms. The van der Waals surface area contributed by atoms with Crippen LogP contribution in [0.2, 0.25) is 15.1 Å². The van der Waals surface area contributed by atoms with Crippen molar-refractivity contribution in [2.24, 2.45) is 0 Å². The molecule has 1 aromatic heterocycles. The lowest BCUT2D eigenvalue weighted by Gasteiger charge is -2.32. The highest BCUT2D eigenvalue weighted by molar-refractivity contribution is 6.37. The second-order valence-electron chi connectivity index (χ2n) is 7.26. The summed E-state index contributed by atoms with van der Waals surface area (Å²) in [6, 6.07) is 13.4. The molecular formula is C23H17Cl3N2O3. The molecule has 0 aliphatic carbocycles. The molecule has 0 saturated carbocycles. The molecule has 1 aliphatic heterocycles. The van der Waals surface area contributed by atoms with E-state index in [-0.39, 0.29) is 15.6 Å². The van der Waals surface area contributed by atoms with Gasteiger partial charge in [0.2, 0.25) is 0 Å². The van der Waals surface area contributed by atoms with Crippen molar-refractivity contribution < 1.29 is 9.59 Å². The molecule has 0 N–H and O–H groups in total. The minimum absolute atomic E-state index is 0.105. The zero-order valence-corrected chi connectivity index (χ0v) is 18.5. The van der Waals surface area contributed by atoms with E-state index in [1.54, 1.807) is 4.90 Å². The Labute approximate surface area is 193 Å². The Bertz CT molecular complexity index is 1240. The largest absolute Gasteiger partial charge is 0.336 e. The van der Waals surface area contributed by atoms with E-state index >= 15 is 0 Å². The Morgan fingerprint density at radius 2 is 1.61 bits per heavy atom. The van der Waals surface area contributed by atoms with E-state index in [0.717, 1.165) is 15.7 Å². The molecule has 2 aromatic carbocycles. The van der Waals surface area contributed by atoms with Gasteiger partial charge in [0, 0.05) is 35.9 Å². The van der Waals surface area contributed by atoms with Crippen LogP contribution in [0.4, 0.5) is 0 Å². The van der Waals surface area contributed by atoms with E-state index in [9.17, 15) is 14.4 Å². The monoisotopic (exact) mass is 474 g/mol. The van der Waals surface area contributed by atoms with Crippen molar-refractivity contribution in [3.05, 3.63) is 103 Å². The standard InChI is InChI=1S/C23H17Cl3N2O3/c24-16-5-7-18(19(26)11-16)22(30)21(28-13-17(25)6-8-20(28)29)23(31)27-10-9-14-3-1-2-4-15(14)12-27/h1-8,11,13,21H,9-10,12H2. The SMILES string of the molecule is O=C(c1ccc(Cl)cc1Cl)C(C(=O)N1CCc2ccccc2C1)n1cc(Cl)ccc1=O.